The van der Waals surface area contributed by atoms with E-state index in [-0.39, 0.29) is 76.1 Å². The van der Waals surface area contributed by atoms with Crippen LogP contribution in [0.2, 0.25) is 10.0 Å². The number of aliphatic hydroxyl groups excluding tert-OH is 3. The van der Waals surface area contributed by atoms with Crippen LogP contribution in [0.3, 0.4) is 0 Å². The number of anilines is 1. The number of carbonyl (C=O) groups excluding carboxylic acids is 4. The number of carboxylic acid groups (broad SMARTS) is 2. The predicted octanol–water partition coefficient (Wildman–Crippen LogP) is 2.81. The zero-order chi connectivity index (χ0) is 57.4. The van der Waals surface area contributed by atoms with E-state index in [9.17, 15) is 49.2 Å². The van der Waals surface area contributed by atoms with Gasteiger partial charge in [-0.1, -0.05) is 35.3 Å². The van der Waals surface area contributed by atoms with Crippen LogP contribution in [0, 0.1) is 0 Å². The van der Waals surface area contributed by atoms with Gasteiger partial charge in [0.25, 0.3) is 5.91 Å². The minimum absolute atomic E-state index is 0.0371. The number of rotatable bonds is 20. The normalized spacial score (nSPS) is 17.2. The molecule has 3 aliphatic rings. The molecule has 7 rings (SSSR count). The Bertz CT molecular complexity index is 2730. The highest BCUT2D eigenvalue weighted by Crippen LogP contribution is 2.47. The number of fused-ring (bicyclic) bond motifs is 3. The van der Waals surface area contributed by atoms with E-state index in [2.05, 4.69) is 10.6 Å². The van der Waals surface area contributed by atoms with Gasteiger partial charge in [-0.05, 0) is 68.7 Å². The molecule has 2 saturated heterocycles. The van der Waals surface area contributed by atoms with Crippen molar-refractivity contribution in [2.45, 2.75) is 57.5 Å². The third kappa shape index (κ3) is 17.4. The summed E-state index contributed by atoms with van der Waals surface area (Å²) < 4.78 is 19.5. The molecule has 25 heteroatoms. The number of hydrogen-bond donors (Lipinski definition) is 7. The van der Waals surface area contributed by atoms with Crippen molar-refractivity contribution in [2.24, 2.45) is 0 Å². The molecule has 23 nitrogen and oxygen atoms in total. The highest BCUT2D eigenvalue weighted by atomic mass is 35.5. The number of halogens is 2. The van der Waals surface area contributed by atoms with E-state index < -0.39 is 35.6 Å². The number of aliphatic carboxylic acids is 2. The first-order valence-corrected chi connectivity index (χ1v) is 26.6. The standard InChI is InChI=1S/C53H67Cl2N9O13.CH4O/c1-53(2)33-76-20-18-63(53)52(74)50-43-32-77-45-28-44(75-3)41(27-42(45)51(43)64(58-50)38-23-35(54)22-36(55)24-38)34-5-4-6-37(21-34)57-46(68)26-40(67)25-39(66)7-8-56-47(69)29-60-13-15-61(30-48(70)71)11-9-59(17-19-65)10-12-62(16-14-60)31-49(72)73;1-2/h4-6,19,21-24,27-28,39-40,66-67H,7-18,20,25-26,29-33H2,1-3H3,(H,56,69)(H,57,68)(H,70,71)(H,72,73);2H,1H3. The van der Waals surface area contributed by atoms with Crippen molar-refractivity contribution in [1.82, 2.24) is 39.6 Å². The summed E-state index contributed by atoms with van der Waals surface area (Å²) >= 11 is 13.0. The number of carboxylic acids is 2. The predicted molar refractivity (Wildman–Crippen MR) is 294 cm³/mol. The lowest BCUT2D eigenvalue weighted by molar-refractivity contribution is -0.139. The summed E-state index contributed by atoms with van der Waals surface area (Å²) in [5, 5.41) is 59.0. The Morgan fingerprint density at radius 3 is 2.01 bits per heavy atom. The van der Waals surface area contributed by atoms with Crippen LogP contribution in [-0.2, 0) is 35.3 Å². The molecule has 3 aliphatic heterocycles. The lowest BCUT2D eigenvalue weighted by Crippen LogP contribution is -2.55. The van der Waals surface area contributed by atoms with Crippen molar-refractivity contribution in [3.8, 4) is 39.6 Å². The number of nitrogens with zero attached hydrogens (tertiary/aromatic N) is 7. The lowest BCUT2D eigenvalue weighted by atomic mass is 9.95. The number of benzene rings is 3. The number of methoxy groups -OCH3 is 1. The van der Waals surface area contributed by atoms with Crippen molar-refractivity contribution in [2.75, 3.05) is 124 Å². The fourth-order valence-electron chi connectivity index (χ4n) is 9.72. The van der Waals surface area contributed by atoms with Gasteiger partial charge in [0.2, 0.25) is 11.8 Å². The smallest absolute Gasteiger partial charge is 0.317 e. The number of morpholine rings is 1. The number of ether oxygens (including phenoxy) is 3. The fraction of sp³-hybridized carbons (Fsp3) is 0.500. The Morgan fingerprint density at radius 1 is 0.797 bits per heavy atom. The molecule has 2 atom stereocenters. The first kappa shape index (κ1) is 62.0. The Labute approximate surface area is 468 Å². The average molecular weight is 1140 g/mol. The van der Waals surface area contributed by atoms with Gasteiger partial charge in [0.15, 0.2) is 5.69 Å². The molecule has 4 heterocycles. The Morgan fingerprint density at radius 2 is 1.42 bits per heavy atom. The molecule has 430 valence electrons. The zero-order valence-corrected chi connectivity index (χ0v) is 46.4. The van der Waals surface area contributed by atoms with E-state index in [1.165, 1.54) is 7.11 Å². The molecule has 0 spiro atoms. The Kier molecular flexibility index (Phi) is 23.0. The molecule has 2 unspecified atom stereocenters. The van der Waals surface area contributed by atoms with Gasteiger partial charge in [0.05, 0.1) is 82.1 Å². The van der Waals surface area contributed by atoms with Crippen LogP contribution in [0.5, 0.6) is 11.5 Å². The number of amides is 3. The highest BCUT2D eigenvalue weighted by molar-refractivity contribution is 6.34. The summed E-state index contributed by atoms with van der Waals surface area (Å²) in [4.78, 5) is 84.3. The molecular formula is C54H71Cl2N9O14. The molecule has 79 heavy (non-hydrogen) atoms. The van der Waals surface area contributed by atoms with E-state index in [1.54, 1.807) is 61.8 Å². The van der Waals surface area contributed by atoms with Crippen molar-refractivity contribution >= 4 is 64.8 Å². The molecule has 3 amide bonds. The molecule has 0 saturated carbocycles. The summed E-state index contributed by atoms with van der Waals surface area (Å²) in [5.41, 5.74) is 3.60. The average Bonchev–Trinajstić information content (AvgIpc) is 4.03. The Balaban J connectivity index is 0.00000498. The summed E-state index contributed by atoms with van der Waals surface area (Å²) in [6, 6.07) is 15.7. The monoisotopic (exact) mass is 1140 g/mol. The third-order valence-corrected chi connectivity index (χ3v) is 14.1. The number of aldehydes is 1. The maximum absolute atomic E-state index is 14.4. The van der Waals surface area contributed by atoms with E-state index in [1.807, 2.05) is 35.8 Å². The van der Waals surface area contributed by atoms with Crippen molar-refractivity contribution in [3.63, 3.8) is 0 Å². The molecule has 4 aromatic rings. The SMILES string of the molecule is CO.COc1cc2c(cc1-c1cccc(NC(=O)CC(O)CC(O)CCNC(=O)CN3CCN(CC(=O)O)CCN(CC=O)CCN(CC(=O)O)CC3)c1)-c1c(c(C(=O)N3CCOCC3(C)C)nn1-c1cc(Cl)cc(Cl)c1)CO2. The number of carbonyl (C=O) groups is 6. The largest absolute Gasteiger partial charge is 0.496 e. The molecule has 0 aliphatic carbocycles. The second-order valence-corrected chi connectivity index (χ2v) is 20.8. The molecule has 7 N–H and O–H groups in total. The van der Waals surface area contributed by atoms with Crippen LogP contribution in [0.25, 0.3) is 28.1 Å². The maximum Gasteiger partial charge on any atom is 0.317 e. The van der Waals surface area contributed by atoms with Gasteiger partial charge in [0.1, 0.15) is 24.4 Å². The Hall–Kier alpha value is -6.25. The van der Waals surface area contributed by atoms with E-state index in [4.69, 9.17) is 47.6 Å². The third-order valence-electron chi connectivity index (χ3n) is 13.7. The molecule has 2 fully saturated rings. The fourth-order valence-corrected chi connectivity index (χ4v) is 10.2. The van der Waals surface area contributed by atoms with Crippen LogP contribution in [-0.4, -0.2) is 233 Å². The number of aliphatic hydroxyl groups is 3. The molecule has 0 radical (unpaired) electrons. The van der Waals surface area contributed by atoms with Gasteiger partial charge in [-0.3, -0.25) is 43.6 Å². The summed E-state index contributed by atoms with van der Waals surface area (Å²) in [7, 11) is 2.53. The van der Waals surface area contributed by atoms with Crippen LogP contribution < -0.4 is 20.1 Å². The minimum Gasteiger partial charge on any atom is -0.496 e. The van der Waals surface area contributed by atoms with Gasteiger partial charge in [-0.15, -0.1) is 0 Å². The summed E-state index contributed by atoms with van der Waals surface area (Å²) in [5.74, 6) is -2.24. The van der Waals surface area contributed by atoms with Crippen LogP contribution in [0.15, 0.2) is 54.6 Å². The van der Waals surface area contributed by atoms with E-state index in [0.29, 0.717) is 133 Å². The lowest BCUT2D eigenvalue weighted by Gasteiger charge is -2.41. The number of nitrogens with one attached hydrogen (secondary N) is 2. The molecule has 0 bridgehead atoms. The van der Waals surface area contributed by atoms with Crippen molar-refractivity contribution in [1.29, 1.82) is 0 Å². The number of aromatic nitrogens is 2. The van der Waals surface area contributed by atoms with Crippen LogP contribution in [0.4, 0.5) is 5.69 Å². The minimum atomic E-state index is -1.22. The second-order valence-electron chi connectivity index (χ2n) is 20.0. The van der Waals surface area contributed by atoms with Crippen molar-refractivity contribution in [3.05, 3.63) is 75.9 Å². The van der Waals surface area contributed by atoms with Crippen molar-refractivity contribution < 1.29 is 68.5 Å². The van der Waals surface area contributed by atoms with Gasteiger partial charge in [-0.2, -0.15) is 5.10 Å². The molecule has 1 aromatic heterocycles. The van der Waals surface area contributed by atoms with Crippen LogP contribution >= 0.6 is 23.2 Å². The zero-order valence-electron chi connectivity index (χ0n) is 44.9. The second kappa shape index (κ2) is 29.3. The molecule has 3 aromatic carbocycles. The quantitative estimate of drug-likeness (QED) is 0.0626. The highest BCUT2D eigenvalue weighted by Gasteiger charge is 2.39. The van der Waals surface area contributed by atoms with E-state index >= 15 is 0 Å². The van der Waals surface area contributed by atoms with E-state index in [0.717, 1.165) is 13.4 Å². The maximum atomic E-state index is 14.4. The first-order valence-electron chi connectivity index (χ1n) is 25.9. The summed E-state index contributed by atoms with van der Waals surface area (Å²) in [6.45, 7) is 7.41. The topological polar surface area (TPSA) is 289 Å². The summed E-state index contributed by atoms with van der Waals surface area (Å²) in [6.07, 6.45) is -1.94. The molecular weight excluding hydrogens is 1070 g/mol. The first-order chi connectivity index (χ1) is 37.8. The van der Waals surface area contributed by atoms with Gasteiger partial charge >= 0.3 is 11.9 Å². The number of hydrogen-bond acceptors (Lipinski definition) is 17. The van der Waals surface area contributed by atoms with Gasteiger partial charge < -0.3 is 60.1 Å². The van der Waals surface area contributed by atoms with Crippen LogP contribution in [0.1, 0.15) is 49.2 Å². The van der Waals surface area contributed by atoms with Gasteiger partial charge in [0, 0.05) is 111 Å². The van der Waals surface area contributed by atoms with Gasteiger partial charge in [-0.25, -0.2) is 4.68 Å².